The summed E-state index contributed by atoms with van der Waals surface area (Å²) in [4.78, 5) is 25.4. The number of piperidine rings is 1. The molecule has 2 heterocycles. The number of nitrogens with one attached hydrogen (secondary N) is 1. The van der Waals surface area contributed by atoms with Gasteiger partial charge in [-0.1, -0.05) is 42.3 Å². The summed E-state index contributed by atoms with van der Waals surface area (Å²) >= 11 is 1.64. The van der Waals surface area contributed by atoms with Crippen molar-refractivity contribution in [3.63, 3.8) is 0 Å². The van der Waals surface area contributed by atoms with Crippen molar-refractivity contribution in [2.24, 2.45) is 5.92 Å². The quantitative estimate of drug-likeness (QED) is 0.820. The third-order valence-electron chi connectivity index (χ3n) is 5.64. The Bertz CT molecular complexity index is 822. The topological polar surface area (TPSA) is 58.1 Å². The van der Waals surface area contributed by atoms with Gasteiger partial charge < -0.3 is 10.2 Å². The molecule has 1 aromatic carbocycles. The minimum absolute atomic E-state index is 0.0353. The van der Waals surface area contributed by atoms with Crippen LogP contribution in [0.5, 0.6) is 0 Å². The lowest BCUT2D eigenvalue weighted by atomic mass is 9.96. The molecule has 2 aliphatic rings. The average molecular weight is 397 g/mol. The highest BCUT2D eigenvalue weighted by Crippen LogP contribution is 2.34. The highest BCUT2D eigenvalue weighted by Gasteiger charge is 2.29. The fraction of sp³-hybridized carbons (Fsp3) is 0.500. The first-order chi connectivity index (χ1) is 13.7. The third kappa shape index (κ3) is 4.66. The van der Waals surface area contributed by atoms with Crippen molar-refractivity contribution >= 4 is 23.5 Å². The van der Waals surface area contributed by atoms with Crippen molar-refractivity contribution in [3.05, 3.63) is 42.2 Å². The second-order valence-electron chi connectivity index (χ2n) is 7.88. The van der Waals surface area contributed by atoms with Crippen LogP contribution in [0.1, 0.15) is 44.1 Å². The number of rotatable bonds is 5. The number of hydrogen-bond acceptors (Lipinski definition) is 5. The summed E-state index contributed by atoms with van der Waals surface area (Å²) in [7, 11) is 0. The highest BCUT2D eigenvalue weighted by molar-refractivity contribution is 7.99. The molecule has 28 heavy (non-hydrogen) atoms. The van der Waals surface area contributed by atoms with E-state index in [0.717, 1.165) is 54.5 Å². The zero-order valence-electron chi connectivity index (χ0n) is 16.4. The van der Waals surface area contributed by atoms with Gasteiger partial charge in [-0.15, -0.1) is 0 Å². The van der Waals surface area contributed by atoms with Gasteiger partial charge in [0.1, 0.15) is 5.03 Å². The zero-order chi connectivity index (χ0) is 19.3. The Morgan fingerprint density at radius 1 is 1.14 bits per heavy atom. The van der Waals surface area contributed by atoms with Crippen LogP contribution in [-0.4, -0.2) is 35.0 Å². The first kappa shape index (κ1) is 19.2. The lowest BCUT2D eigenvalue weighted by molar-refractivity contribution is -0.125. The van der Waals surface area contributed by atoms with Crippen molar-refractivity contribution in [2.45, 2.75) is 61.4 Å². The number of nitrogens with zero attached hydrogens (tertiary/aromatic N) is 3. The summed E-state index contributed by atoms with van der Waals surface area (Å²) in [5, 5.41) is 4.18. The van der Waals surface area contributed by atoms with Crippen LogP contribution in [0.2, 0.25) is 0 Å². The largest absolute Gasteiger partial charge is 0.354 e. The number of benzene rings is 1. The monoisotopic (exact) mass is 396 g/mol. The van der Waals surface area contributed by atoms with Crippen molar-refractivity contribution < 1.29 is 4.79 Å². The minimum atomic E-state index is 0.0353. The summed E-state index contributed by atoms with van der Waals surface area (Å²) < 4.78 is 0. The van der Waals surface area contributed by atoms with Gasteiger partial charge in [-0.25, -0.2) is 9.97 Å². The summed E-state index contributed by atoms with van der Waals surface area (Å²) in [6, 6.07) is 8.81. The number of aromatic nitrogens is 2. The van der Waals surface area contributed by atoms with E-state index in [4.69, 9.17) is 0 Å². The molecular formula is C22H28N4OS. The molecule has 1 aliphatic heterocycles. The third-order valence-corrected chi connectivity index (χ3v) is 6.61. The lowest BCUT2D eigenvalue weighted by Crippen LogP contribution is -2.45. The first-order valence-corrected chi connectivity index (χ1v) is 11.1. The van der Waals surface area contributed by atoms with E-state index < -0.39 is 0 Å². The summed E-state index contributed by atoms with van der Waals surface area (Å²) in [6.07, 6.45) is 10.2. The summed E-state index contributed by atoms with van der Waals surface area (Å²) in [6.45, 7) is 3.74. The zero-order valence-corrected chi connectivity index (χ0v) is 17.3. The molecule has 1 N–H and O–H groups in total. The van der Waals surface area contributed by atoms with Crippen molar-refractivity contribution in [2.75, 3.05) is 18.0 Å². The Balaban J connectivity index is 1.46. The number of carbonyl (C=O) groups excluding carboxylic acids is 1. The fourth-order valence-corrected chi connectivity index (χ4v) is 5.17. The van der Waals surface area contributed by atoms with E-state index in [1.54, 1.807) is 24.2 Å². The van der Waals surface area contributed by atoms with Crippen LogP contribution in [0.4, 0.5) is 5.82 Å². The molecule has 0 spiro atoms. The molecule has 0 unspecified atom stereocenters. The summed E-state index contributed by atoms with van der Waals surface area (Å²) in [5.41, 5.74) is 1.23. The van der Waals surface area contributed by atoms with Gasteiger partial charge in [0, 0.05) is 36.4 Å². The SMILES string of the molecule is Cc1cccc(Sc2nccnc2N2CCC[C@H](C(=O)NC3CCCC3)C2)c1. The van der Waals surface area contributed by atoms with Crippen LogP contribution < -0.4 is 10.2 Å². The molecule has 1 saturated heterocycles. The first-order valence-electron chi connectivity index (χ1n) is 10.3. The van der Waals surface area contributed by atoms with Crippen LogP contribution in [-0.2, 0) is 4.79 Å². The van der Waals surface area contributed by atoms with Gasteiger partial charge in [0.25, 0.3) is 0 Å². The van der Waals surface area contributed by atoms with Gasteiger partial charge in [0.05, 0.1) is 5.92 Å². The van der Waals surface area contributed by atoms with Crippen LogP contribution >= 0.6 is 11.8 Å². The maximum atomic E-state index is 12.8. The predicted molar refractivity (Wildman–Crippen MR) is 113 cm³/mol. The molecule has 2 aromatic rings. The molecule has 2 fully saturated rings. The van der Waals surface area contributed by atoms with Crippen molar-refractivity contribution in [1.82, 2.24) is 15.3 Å². The Hall–Kier alpha value is -2.08. The molecule has 1 atom stereocenters. The number of hydrogen-bond donors (Lipinski definition) is 1. The fourth-order valence-electron chi connectivity index (χ4n) is 4.17. The van der Waals surface area contributed by atoms with Gasteiger partial charge in [-0.3, -0.25) is 4.79 Å². The smallest absolute Gasteiger partial charge is 0.225 e. The maximum Gasteiger partial charge on any atom is 0.225 e. The Morgan fingerprint density at radius 2 is 1.96 bits per heavy atom. The molecular weight excluding hydrogens is 368 g/mol. The standard InChI is InChI=1S/C22H28N4OS/c1-16-6-4-10-19(14-16)28-22-20(23-11-12-24-22)26-13-5-7-17(15-26)21(27)25-18-8-2-3-9-18/h4,6,10-12,14,17-18H,2-3,5,7-9,13,15H2,1H3,(H,25,27)/t17-/m0/s1. The predicted octanol–water partition coefficient (Wildman–Crippen LogP) is 4.21. The minimum Gasteiger partial charge on any atom is -0.354 e. The molecule has 0 radical (unpaired) electrons. The average Bonchev–Trinajstić information content (AvgIpc) is 3.22. The number of anilines is 1. The number of aryl methyl sites for hydroxylation is 1. The normalized spacial score (nSPS) is 20.3. The Kier molecular flexibility index (Phi) is 6.15. The molecule has 6 heteroatoms. The summed E-state index contributed by atoms with van der Waals surface area (Å²) in [5.74, 6) is 1.15. The molecule has 1 aliphatic carbocycles. The molecule has 0 bridgehead atoms. The van der Waals surface area contributed by atoms with E-state index in [9.17, 15) is 4.79 Å². The van der Waals surface area contributed by atoms with E-state index in [1.165, 1.54) is 18.4 Å². The maximum absolute atomic E-state index is 12.8. The second kappa shape index (κ2) is 8.95. The lowest BCUT2D eigenvalue weighted by Gasteiger charge is -2.34. The molecule has 1 aromatic heterocycles. The van der Waals surface area contributed by atoms with Crippen molar-refractivity contribution in [3.8, 4) is 0 Å². The van der Waals surface area contributed by atoms with Crippen LogP contribution in [0.15, 0.2) is 46.6 Å². The second-order valence-corrected chi connectivity index (χ2v) is 8.94. The Labute approximate surface area is 171 Å². The van der Waals surface area contributed by atoms with Crippen LogP contribution in [0.25, 0.3) is 0 Å². The van der Waals surface area contributed by atoms with Gasteiger partial charge in [-0.2, -0.15) is 0 Å². The number of carbonyl (C=O) groups is 1. The van der Waals surface area contributed by atoms with Gasteiger partial charge in [0.15, 0.2) is 5.82 Å². The van der Waals surface area contributed by atoms with E-state index >= 15 is 0 Å². The van der Waals surface area contributed by atoms with Crippen molar-refractivity contribution in [1.29, 1.82) is 0 Å². The molecule has 1 saturated carbocycles. The van der Waals surface area contributed by atoms with E-state index in [2.05, 4.69) is 51.4 Å². The molecule has 4 rings (SSSR count). The molecule has 148 valence electrons. The van der Waals surface area contributed by atoms with E-state index in [-0.39, 0.29) is 11.8 Å². The van der Waals surface area contributed by atoms with E-state index in [1.807, 2.05) is 0 Å². The van der Waals surface area contributed by atoms with Crippen LogP contribution in [0.3, 0.4) is 0 Å². The Morgan fingerprint density at radius 3 is 2.79 bits per heavy atom. The van der Waals surface area contributed by atoms with Gasteiger partial charge in [-0.05, 0) is 44.7 Å². The molecule has 1 amide bonds. The molecule has 5 nitrogen and oxygen atoms in total. The number of amides is 1. The van der Waals surface area contributed by atoms with Gasteiger partial charge >= 0.3 is 0 Å². The van der Waals surface area contributed by atoms with Crippen LogP contribution in [0, 0.1) is 12.8 Å². The van der Waals surface area contributed by atoms with E-state index in [0.29, 0.717) is 6.04 Å². The highest BCUT2D eigenvalue weighted by atomic mass is 32.2. The van der Waals surface area contributed by atoms with Gasteiger partial charge in [0.2, 0.25) is 5.91 Å².